The van der Waals surface area contributed by atoms with Gasteiger partial charge in [0, 0.05) is 0 Å². The molecule has 7 heteroatoms. The van der Waals surface area contributed by atoms with E-state index in [2.05, 4.69) is 5.09 Å². The number of hydrogen-bond acceptors (Lipinski definition) is 5. The molecular formula is C13H18NO4PS-2. The minimum atomic E-state index is -3.61. The van der Waals surface area contributed by atoms with Crippen molar-refractivity contribution >= 4 is 24.4 Å². The molecule has 1 aromatic carbocycles. The van der Waals surface area contributed by atoms with Crippen LogP contribution in [0.1, 0.15) is 25.8 Å². The second-order valence-corrected chi connectivity index (χ2v) is 7.84. The van der Waals surface area contributed by atoms with Crippen LogP contribution in [-0.4, -0.2) is 12.0 Å². The molecule has 0 spiro atoms. The molecule has 0 saturated carbocycles. The second-order valence-electron chi connectivity index (χ2n) is 4.89. The first kappa shape index (κ1) is 17.3. The summed E-state index contributed by atoms with van der Waals surface area (Å²) in [7, 11) is 0. The number of carboxylic acids is 1. The summed E-state index contributed by atoms with van der Waals surface area (Å²) < 4.78 is 5.15. The van der Waals surface area contributed by atoms with Gasteiger partial charge in [-0.2, -0.15) is 0 Å². The maximum absolute atomic E-state index is 12.1. The van der Waals surface area contributed by atoms with Gasteiger partial charge in [0.2, 0.25) is 0 Å². The van der Waals surface area contributed by atoms with Crippen LogP contribution in [0.3, 0.4) is 0 Å². The third kappa shape index (κ3) is 6.59. The Bertz CT molecular complexity index is 481. The van der Waals surface area contributed by atoms with Gasteiger partial charge in [-0.3, -0.25) is 5.09 Å². The van der Waals surface area contributed by atoms with Crippen LogP contribution in [0.5, 0.6) is 0 Å². The Balaban J connectivity index is 2.58. The Morgan fingerprint density at radius 1 is 1.40 bits per heavy atom. The summed E-state index contributed by atoms with van der Waals surface area (Å²) in [4.78, 5) is 23.1. The molecular weight excluding hydrogens is 297 g/mol. The predicted molar refractivity (Wildman–Crippen MR) is 76.9 cm³/mol. The molecule has 0 saturated heterocycles. The Hall–Kier alpha value is -0.780. The van der Waals surface area contributed by atoms with Crippen molar-refractivity contribution in [1.82, 2.24) is 5.09 Å². The van der Waals surface area contributed by atoms with E-state index in [1.807, 2.05) is 32.0 Å². The molecule has 0 fully saturated rings. The quantitative estimate of drug-likeness (QED) is 0.705. The summed E-state index contributed by atoms with van der Waals surface area (Å²) in [6, 6.07) is 8.03. The number of carbonyl (C=O) groups is 1. The number of carboxylic acid groups (broad SMARTS) is 1. The minimum Gasteiger partial charge on any atom is -0.789 e. The van der Waals surface area contributed by atoms with Gasteiger partial charge in [0.1, 0.15) is 0 Å². The molecule has 112 valence electrons. The van der Waals surface area contributed by atoms with Gasteiger partial charge in [0.05, 0.1) is 25.3 Å². The molecule has 0 aliphatic carbocycles. The summed E-state index contributed by atoms with van der Waals surface area (Å²) in [5.41, 5.74) is 0.813. The van der Waals surface area contributed by atoms with Gasteiger partial charge in [-0.1, -0.05) is 56.0 Å². The maximum atomic E-state index is 12.1. The minimum absolute atomic E-state index is 0.0655. The second kappa shape index (κ2) is 7.86. The lowest BCUT2D eigenvalue weighted by Gasteiger charge is -2.34. The van der Waals surface area contributed by atoms with Crippen LogP contribution in [0.15, 0.2) is 30.3 Å². The summed E-state index contributed by atoms with van der Waals surface area (Å²) in [5, 5.41) is 13.4. The molecule has 0 radical (unpaired) electrons. The van der Waals surface area contributed by atoms with E-state index in [1.54, 1.807) is 12.1 Å². The summed E-state index contributed by atoms with van der Waals surface area (Å²) in [6.45, 7) is 0.170. The molecule has 0 heterocycles. The van der Waals surface area contributed by atoms with E-state index < -0.39 is 18.7 Å². The zero-order valence-corrected chi connectivity index (χ0v) is 13.2. The molecule has 5 nitrogen and oxygen atoms in total. The van der Waals surface area contributed by atoms with E-state index in [0.29, 0.717) is 0 Å². The Kier molecular flexibility index (Phi) is 6.79. The molecule has 0 aliphatic heterocycles. The Labute approximate surface area is 124 Å². The molecule has 1 rings (SSSR count). The average molecular weight is 315 g/mol. The highest BCUT2D eigenvalue weighted by molar-refractivity contribution is 8.07. The van der Waals surface area contributed by atoms with Crippen molar-refractivity contribution < 1.29 is 19.3 Å². The third-order valence-electron chi connectivity index (χ3n) is 2.55. The van der Waals surface area contributed by atoms with E-state index in [4.69, 9.17) is 16.3 Å². The van der Waals surface area contributed by atoms with Crippen LogP contribution in [-0.2, 0) is 27.7 Å². The Morgan fingerprint density at radius 2 is 2.00 bits per heavy atom. The van der Waals surface area contributed by atoms with Crippen LogP contribution in [0.25, 0.3) is 0 Å². The highest BCUT2D eigenvalue weighted by Gasteiger charge is 2.16. The van der Waals surface area contributed by atoms with Crippen LogP contribution < -0.4 is 15.1 Å². The van der Waals surface area contributed by atoms with Gasteiger partial charge in [-0.25, -0.2) is 0 Å². The fourth-order valence-corrected chi connectivity index (χ4v) is 3.16. The normalized spacial score (nSPS) is 15.8. The van der Waals surface area contributed by atoms with Gasteiger partial charge in [-0.15, -0.1) is 0 Å². The van der Waals surface area contributed by atoms with Gasteiger partial charge < -0.3 is 19.3 Å². The third-order valence-corrected chi connectivity index (χ3v) is 4.28. The number of hydrogen-bond donors (Lipinski definition) is 1. The lowest BCUT2D eigenvalue weighted by molar-refractivity contribution is -0.308. The molecule has 2 atom stereocenters. The summed E-state index contributed by atoms with van der Waals surface area (Å²) in [6.07, 6.45) is 0.275. The van der Waals surface area contributed by atoms with Crippen molar-refractivity contribution in [2.75, 3.05) is 0 Å². The van der Waals surface area contributed by atoms with Crippen LogP contribution in [0, 0.1) is 5.92 Å². The van der Waals surface area contributed by atoms with E-state index in [-0.39, 0.29) is 18.9 Å². The molecule has 1 N–H and O–H groups in total. The number of benzene rings is 1. The SMILES string of the molecule is CC(C)CC(NP([O-])(=S)OCc1ccccc1)C(=O)[O-]. The molecule has 2 unspecified atom stereocenters. The number of nitrogens with one attached hydrogen (secondary N) is 1. The zero-order chi connectivity index (χ0) is 15.2. The summed E-state index contributed by atoms with van der Waals surface area (Å²) in [5.74, 6) is -1.22. The molecule has 0 aliphatic rings. The van der Waals surface area contributed by atoms with Crippen LogP contribution >= 0.6 is 6.64 Å². The highest BCUT2D eigenvalue weighted by Crippen LogP contribution is 2.34. The standard InChI is InChI=1S/C13H20NO4PS/c1-10(2)8-12(13(15)16)14-19(17,20)18-9-11-6-4-3-5-7-11/h3-7,10,12H,8-9H2,1-2H3,(H,15,16)(H2,14,17,20)/p-2. The molecule has 0 aromatic heterocycles. The van der Waals surface area contributed by atoms with E-state index in [0.717, 1.165) is 5.56 Å². The first-order chi connectivity index (χ1) is 9.30. The van der Waals surface area contributed by atoms with Crippen molar-refractivity contribution in [1.29, 1.82) is 0 Å². The molecule has 1 aromatic rings. The molecule has 20 heavy (non-hydrogen) atoms. The van der Waals surface area contributed by atoms with Crippen molar-refractivity contribution in [3.05, 3.63) is 35.9 Å². The topological polar surface area (TPSA) is 84.4 Å². The van der Waals surface area contributed by atoms with Gasteiger partial charge in [-0.05, 0) is 17.9 Å². The van der Waals surface area contributed by atoms with Crippen molar-refractivity contribution in [2.24, 2.45) is 5.92 Å². The monoisotopic (exact) mass is 315 g/mol. The van der Waals surface area contributed by atoms with E-state index in [9.17, 15) is 14.8 Å². The van der Waals surface area contributed by atoms with Gasteiger partial charge >= 0.3 is 0 Å². The predicted octanol–water partition coefficient (Wildman–Crippen LogP) is 0.542. The zero-order valence-electron chi connectivity index (χ0n) is 11.4. The Morgan fingerprint density at radius 3 is 2.50 bits per heavy atom. The lowest BCUT2D eigenvalue weighted by Crippen LogP contribution is -2.46. The molecule has 0 amide bonds. The maximum Gasteiger partial charge on any atom is 0.0770 e. The largest absolute Gasteiger partial charge is 0.789 e. The summed E-state index contributed by atoms with van der Waals surface area (Å²) >= 11 is 4.82. The van der Waals surface area contributed by atoms with Gasteiger partial charge in [0.15, 0.2) is 0 Å². The average Bonchev–Trinajstić information content (AvgIpc) is 2.36. The van der Waals surface area contributed by atoms with E-state index in [1.165, 1.54) is 0 Å². The van der Waals surface area contributed by atoms with Gasteiger partial charge in [0.25, 0.3) is 0 Å². The lowest BCUT2D eigenvalue weighted by atomic mass is 10.1. The first-order valence-corrected chi connectivity index (χ1v) is 8.92. The van der Waals surface area contributed by atoms with Crippen molar-refractivity contribution in [3.63, 3.8) is 0 Å². The molecule has 0 bridgehead atoms. The number of carbonyl (C=O) groups excluding carboxylic acids is 1. The fourth-order valence-electron chi connectivity index (χ4n) is 1.63. The van der Waals surface area contributed by atoms with Crippen LogP contribution in [0.2, 0.25) is 0 Å². The van der Waals surface area contributed by atoms with E-state index >= 15 is 0 Å². The fraction of sp³-hybridized carbons (Fsp3) is 0.462. The van der Waals surface area contributed by atoms with Crippen LogP contribution in [0.4, 0.5) is 0 Å². The smallest absolute Gasteiger partial charge is 0.0770 e. The van der Waals surface area contributed by atoms with Crippen molar-refractivity contribution in [3.8, 4) is 0 Å². The number of rotatable bonds is 8. The number of aliphatic carboxylic acids is 1. The first-order valence-electron chi connectivity index (χ1n) is 6.28. The highest BCUT2D eigenvalue weighted by atomic mass is 32.5. The van der Waals surface area contributed by atoms with Crippen molar-refractivity contribution in [2.45, 2.75) is 32.9 Å².